The Labute approximate surface area is 124 Å². The van der Waals surface area contributed by atoms with Gasteiger partial charge in [0.1, 0.15) is 0 Å². The van der Waals surface area contributed by atoms with Crippen molar-refractivity contribution in [2.75, 3.05) is 19.6 Å². The summed E-state index contributed by atoms with van der Waals surface area (Å²) in [6, 6.07) is 12.1. The molecule has 1 fully saturated rings. The molecule has 1 aromatic carbocycles. The van der Waals surface area contributed by atoms with Crippen LogP contribution >= 0.6 is 0 Å². The van der Waals surface area contributed by atoms with Gasteiger partial charge in [0.2, 0.25) is 0 Å². The highest BCUT2D eigenvalue weighted by atomic mass is 15.2. The number of rotatable bonds is 6. The van der Waals surface area contributed by atoms with Crippen molar-refractivity contribution in [2.24, 2.45) is 0 Å². The van der Waals surface area contributed by atoms with Crippen molar-refractivity contribution in [1.29, 1.82) is 0 Å². The maximum atomic E-state index is 3.73. The van der Waals surface area contributed by atoms with Gasteiger partial charge in [0, 0.05) is 18.6 Å². The number of nitrogens with zero attached hydrogens (tertiary/aromatic N) is 1. The third-order valence-corrected chi connectivity index (χ3v) is 4.45. The normalized spacial score (nSPS) is 22.4. The minimum atomic E-state index is 0.469. The Kier molecular flexibility index (Phi) is 6.55. The van der Waals surface area contributed by atoms with Crippen LogP contribution in [0, 0.1) is 0 Å². The van der Waals surface area contributed by atoms with Crippen molar-refractivity contribution in [1.82, 2.24) is 10.2 Å². The van der Waals surface area contributed by atoms with E-state index in [-0.39, 0.29) is 0 Å². The van der Waals surface area contributed by atoms with E-state index in [2.05, 4.69) is 54.4 Å². The smallest absolute Gasteiger partial charge is 0.0449 e. The molecule has 0 aromatic heterocycles. The molecule has 1 aromatic rings. The molecule has 2 rings (SSSR count). The highest BCUT2D eigenvalue weighted by Crippen LogP contribution is 2.21. The van der Waals surface area contributed by atoms with E-state index in [0.29, 0.717) is 6.04 Å². The Morgan fingerprint density at radius 2 is 2.00 bits per heavy atom. The van der Waals surface area contributed by atoms with Crippen LogP contribution < -0.4 is 5.32 Å². The molecule has 0 bridgehead atoms. The zero-order valence-electron chi connectivity index (χ0n) is 13.1. The number of benzene rings is 1. The molecule has 1 heterocycles. The second-order valence-corrected chi connectivity index (χ2v) is 6.11. The molecule has 1 N–H and O–H groups in total. The molecule has 2 heteroatoms. The lowest BCUT2D eigenvalue weighted by molar-refractivity contribution is 0.190. The van der Waals surface area contributed by atoms with Gasteiger partial charge in [-0.2, -0.15) is 0 Å². The molecule has 112 valence electrons. The summed E-state index contributed by atoms with van der Waals surface area (Å²) in [4.78, 5) is 2.69. The van der Waals surface area contributed by atoms with Crippen molar-refractivity contribution in [3.8, 4) is 0 Å². The second kappa shape index (κ2) is 8.43. The third kappa shape index (κ3) is 4.60. The summed E-state index contributed by atoms with van der Waals surface area (Å²) in [5, 5.41) is 3.73. The quantitative estimate of drug-likeness (QED) is 0.843. The molecule has 0 amide bonds. The van der Waals surface area contributed by atoms with Gasteiger partial charge in [0.25, 0.3) is 0 Å². The lowest BCUT2D eigenvalue weighted by Gasteiger charge is -2.31. The van der Waals surface area contributed by atoms with Gasteiger partial charge in [-0.25, -0.2) is 0 Å². The van der Waals surface area contributed by atoms with Crippen molar-refractivity contribution in [3.05, 3.63) is 35.9 Å². The Hall–Kier alpha value is -0.860. The summed E-state index contributed by atoms with van der Waals surface area (Å²) in [7, 11) is 0. The van der Waals surface area contributed by atoms with E-state index in [1.807, 2.05) is 0 Å². The Bertz CT molecular complexity index is 363. The lowest BCUT2D eigenvalue weighted by Crippen LogP contribution is -2.40. The van der Waals surface area contributed by atoms with E-state index in [9.17, 15) is 0 Å². The number of nitrogens with one attached hydrogen (secondary N) is 1. The fourth-order valence-corrected chi connectivity index (χ4v) is 3.13. The first-order valence-electron chi connectivity index (χ1n) is 8.33. The third-order valence-electron chi connectivity index (χ3n) is 4.45. The van der Waals surface area contributed by atoms with Crippen molar-refractivity contribution in [2.45, 2.75) is 58.0 Å². The summed E-state index contributed by atoms with van der Waals surface area (Å²) in [6.07, 6.45) is 6.71. The second-order valence-electron chi connectivity index (χ2n) is 6.11. The van der Waals surface area contributed by atoms with Gasteiger partial charge in [-0.3, -0.25) is 4.90 Å². The molecule has 2 unspecified atom stereocenters. The molecule has 2 nitrogen and oxygen atoms in total. The molecular formula is C18H30N2. The van der Waals surface area contributed by atoms with Gasteiger partial charge in [-0.1, -0.05) is 50.1 Å². The van der Waals surface area contributed by atoms with Crippen LogP contribution in [-0.2, 0) is 0 Å². The van der Waals surface area contributed by atoms with E-state index in [1.54, 1.807) is 0 Å². The predicted molar refractivity (Wildman–Crippen MR) is 87.0 cm³/mol. The maximum Gasteiger partial charge on any atom is 0.0449 e. The summed E-state index contributed by atoms with van der Waals surface area (Å²) in [5.74, 6) is 0. The Morgan fingerprint density at radius 3 is 2.75 bits per heavy atom. The van der Waals surface area contributed by atoms with E-state index in [0.717, 1.165) is 19.1 Å². The van der Waals surface area contributed by atoms with Crippen molar-refractivity contribution in [3.63, 3.8) is 0 Å². The van der Waals surface area contributed by atoms with Crippen LogP contribution in [0.15, 0.2) is 30.3 Å². The van der Waals surface area contributed by atoms with Gasteiger partial charge in [0.15, 0.2) is 0 Å². The van der Waals surface area contributed by atoms with Gasteiger partial charge < -0.3 is 5.32 Å². The zero-order valence-corrected chi connectivity index (χ0v) is 13.1. The van der Waals surface area contributed by atoms with E-state index >= 15 is 0 Å². The zero-order chi connectivity index (χ0) is 14.2. The molecule has 0 radical (unpaired) electrons. The molecule has 0 aliphatic carbocycles. The van der Waals surface area contributed by atoms with Gasteiger partial charge in [-0.05, 0) is 44.8 Å². The number of hydrogen-bond acceptors (Lipinski definition) is 2. The standard InChI is InChI=1S/C18H30N2/c1-3-13-19-18(17-11-7-4-8-12-17)15-20-14-9-5-6-10-16(20)2/h4,7-8,11-12,16,18-19H,3,5-6,9-10,13-15H2,1-2H3. The summed E-state index contributed by atoms with van der Waals surface area (Å²) < 4.78 is 0. The first-order chi connectivity index (χ1) is 9.81. The van der Waals surface area contributed by atoms with Crippen LogP contribution in [0.25, 0.3) is 0 Å². The van der Waals surface area contributed by atoms with Gasteiger partial charge >= 0.3 is 0 Å². The number of hydrogen-bond donors (Lipinski definition) is 1. The molecular weight excluding hydrogens is 244 g/mol. The van der Waals surface area contributed by atoms with Gasteiger partial charge in [-0.15, -0.1) is 0 Å². The minimum absolute atomic E-state index is 0.469. The van der Waals surface area contributed by atoms with Crippen LogP contribution in [0.1, 0.15) is 57.6 Å². The predicted octanol–water partition coefficient (Wildman–Crippen LogP) is 3.99. The molecule has 20 heavy (non-hydrogen) atoms. The molecule has 0 saturated carbocycles. The van der Waals surface area contributed by atoms with Crippen LogP contribution in [-0.4, -0.2) is 30.6 Å². The van der Waals surface area contributed by atoms with E-state index < -0.39 is 0 Å². The summed E-state index contributed by atoms with van der Waals surface area (Å²) >= 11 is 0. The Balaban J connectivity index is 2.02. The minimum Gasteiger partial charge on any atom is -0.309 e. The average molecular weight is 274 g/mol. The molecule has 0 spiro atoms. The number of likely N-dealkylation sites (tertiary alicyclic amines) is 1. The van der Waals surface area contributed by atoms with Crippen molar-refractivity contribution >= 4 is 0 Å². The first kappa shape index (κ1) is 15.5. The van der Waals surface area contributed by atoms with Crippen LogP contribution in [0.5, 0.6) is 0 Å². The first-order valence-corrected chi connectivity index (χ1v) is 8.33. The molecule has 1 saturated heterocycles. The Morgan fingerprint density at radius 1 is 1.20 bits per heavy atom. The average Bonchev–Trinajstić information content (AvgIpc) is 2.69. The molecule has 1 aliphatic heterocycles. The van der Waals surface area contributed by atoms with Crippen LogP contribution in [0.2, 0.25) is 0 Å². The summed E-state index contributed by atoms with van der Waals surface area (Å²) in [5.41, 5.74) is 1.43. The largest absolute Gasteiger partial charge is 0.309 e. The van der Waals surface area contributed by atoms with E-state index in [4.69, 9.17) is 0 Å². The summed E-state index contributed by atoms with van der Waals surface area (Å²) in [6.45, 7) is 8.14. The monoisotopic (exact) mass is 274 g/mol. The fraction of sp³-hybridized carbons (Fsp3) is 0.667. The van der Waals surface area contributed by atoms with E-state index in [1.165, 1.54) is 44.2 Å². The van der Waals surface area contributed by atoms with Gasteiger partial charge in [0.05, 0.1) is 0 Å². The topological polar surface area (TPSA) is 15.3 Å². The highest BCUT2D eigenvalue weighted by Gasteiger charge is 2.21. The highest BCUT2D eigenvalue weighted by molar-refractivity contribution is 5.19. The van der Waals surface area contributed by atoms with Crippen molar-refractivity contribution < 1.29 is 0 Å². The van der Waals surface area contributed by atoms with Crippen LogP contribution in [0.4, 0.5) is 0 Å². The SMILES string of the molecule is CCCNC(CN1CCCCCC1C)c1ccccc1. The van der Waals surface area contributed by atoms with Crippen LogP contribution in [0.3, 0.4) is 0 Å². The fourth-order valence-electron chi connectivity index (χ4n) is 3.13. The lowest BCUT2D eigenvalue weighted by atomic mass is 10.0. The molecule has 1 aliphatic rings. The maximum absolute atomic E-state index is 3.73. The molecule has 2 atom stereocenters.